The first-order chi connectivity index (χ1) is 9.92. The Kier molecular flexibility index (Phi) is 6.52. The van der Waals surface area contributed by atoms with Crippen LogP contribution in [0, 0.1) is 0 Å². The molecule has 0 heterocycles. The highest BCUT2D eigenvalue weighted by Crippen LogP contribution is 2.44. The van der Waals surface area contributed by atoms with Crippen LogP contribution in [0.25, 0.3) is 0 Å². The largest absolute Gasteiger partial charge is 0.154 e. The van der Waals surface area contributed by atoms with Crippen molar-refractivity contribution in [2.75, 3.05) is 0 Å². The number of thioether (sulfide) groups is 2. The molecule has 0 aromatic rings. The van der Waals surface area contributed by atoms with E-state index in [1.165, 1.54) is 89.9 Å². The molecule has 0 saturated heterocycles. The molecule has 0 amide bonds. The van der Waals surface area contributed by atoms with E-state index in [2.05, 4.69) is 23.5 Å². The van der Waals surface area contributed by atoms with E-state index in [1.807, 2.05) is 0 Å². The monoisotopic (exact) mass is 312 g/mol. The average Bonchev–Trinajstić information content (AvgIpc) is 2.51. The van der Waals surface area contributed by atoms with Crippen molar-refractivity contribution in [2.24, 2.45) is 0 Å². The summed E-state index contributed by atoms with van der Waals surface area (Å²) in [6.45, 7) is 0. The van der Waals surface area contributed by atoms with Crippen LogP contribution >= 0.6 is 23.5 Å². The molecule has 0 radical (unpaired) electrons. The second kappa shape index (κ2) is 8.36. The van der Waals surface area contributed by atoms with Gasteiger partial charge in [-0.1, -0.05) is 51.4 Å². The lowest BCUT2D eigenvalue weighted by molar-refractivity contribution is 0.492. The van der Waals surface area contributed by atoms with Gasteiger partial charge in [0.15, 0.2) is 0 Å². The molecule has 0 aromatic heterocycles. The zero-order valence-corrected chi connectivity index (χ0v) is 14.7. The van der Waals surface area contributed by atoms with E-state index >= 15 is 0 Å². The van der Waals surface area contributed by atoms with E-state index < -0.39 is 0 Å². The quantitative estimate of drug-likeness (QED) is 0.586. The third kappa shape index (κ3) is 4.60. The SMILES string of the molecule is C1CCC(SC2CCCCC2SC2CCCCC2)CC1. The summed E-state index contributed by atoms with van der Waals surface area (Å²) in [7, 11) is 0. The zero-order chi connectivity index (χ0) is 13.6. The Labute approximate surface area is 134 Å². The summed E-state index contributed by atoms with van der Waals surface area (Å²) in [5.74, 6) is 0. The summed E-state index contributed by atoms with van der Waals surface area (Å²) < 4.78 is 0. The van der Waals surface area contributed by atoms with Gasteiger partial charge in [0, 0.05) is 21.0 Å². The van der Waals surface area contributed by atoms with Gasteiger partial charge in [0.25, 0.3) is 0 Å². The Morgan fingerprint density at radius 2 is 0.750 bits per heavy atom. The molecular formula is C18H32S2. The number of hydrogen-bond donors (Lipinski definition) is 0. The van der Waals surface area contributed by atoms with Crippen molar-refractivity contribution in [3.05, 3.63) is 0 Å². The molecule has 3 saturated carbocycles. The van der Waals surface area contributed by atoms with Crippen molar-refractivity contribution in [2.45, 2.75) is 111 Å². The molecule has 3 aliphatic carbocycles. The molecule has 3 aliphatic rings. The van der Waals surface area contributed by atoms with Gasteiger partial charge >= 0.3 is 0 Å². The smallest absolute Gasteiger partial charge is 0.0169 e. The van der Waals surface area contributed by atoms with Gasteiger partial charge in [-0.25, -0.2) is 0 Å². The Hall–Kier alpha value is 0.700. The van der Waals surface area contributed by atoms with Crippen LogP contribution in [0.1, 0.15) is 89.9 Å². The average molecular weight is 313 g/mol. The lowest BCUT2D eigenvalue weighted by atomic mass is 9.99. The fourth-order valence-corrected chi connectivity index (χ4v) is 8.08. The van der Waals surface area contributed by atoms with Crippen molar-refractivity contribution in [3.63, 3.8) is 0 Å². The van der Waals surface area contributed by atoms with Crippen LogP contribution in [0.15, 0.2) is 0 Å². The second-order valence-electron chi connectivity index (χ2n) is 7.15. The normalized spacial score (nSPS) is 34.2. The topological polar surface area (TPSA) is 0 Å². The number of rotatable bonds is 4. The third-order valence-corrected chi connectivity index (χ3v) is 9.19. The van der Waals surface area contributed by atoms with Crippen LogP contribution in [0.2, 0.25) is 0 Å². The Bertz CT molecular complexity index is 239. The van der Waals surface area contributed by atoms with Gasteiger partial charge < -0.3 is 0 Å². The van der Waals surface area contributed by atoms with Crippen molar-refractivity contribution < 1.29 is 0 Å². The van der Waals surface area contributed by atoms with E-state index in [9.17, 15) is 0 Å². The zero-order valence-electron chi connectivity index (χ0n) is 13.0. The van der Waals surface area contributed by atoms with Gasteiger partial charge in [-0.15, -0.1) is 0 Å². The van der Waals surface area contributed by atoms with Gasteiger partial charge in [0.1, 0.15) is 0 Å². The van der Waals surface area contributed by atoms with Crippen molar-refractivity contribution in [3.8, 4) is 0 Å². The van der Waals surface area contributed by atoms with Crippen LogP contribution in [0.5, 0.6) is 0 Å². The first-order valence-electron chi connectivity index (χ1n) is 9.23. The Morgan fingerprint density at radius 1 is 0.400 bits per heavy atom. The van der Waals surface area contributed by atoms with Gasteiger partial charge in [-0.2, -0.15) is 23.5 Å². The van der Waals surface area contributed by atoms with Crippen LogP contribution in [-0.4, -0.2) is 21.0 Å². The molecule has 0 bridgehead atoms. The molecule has 116 valence electrons. The summed E-state index contributed by atoms with van der Waals surface area (Å²) >= 11 is 4.83. The van der Waals surface area contributed by atoms with Crippen molar-refractivity contribution >= 4 is 23.5 Å². The summed E-state index contributed by atoms with van der Waals surface area (Å²) in [6, 6.07) is 0. The fourth-order valence-electron chi connectivity index (χ4n) is 4.27. The maximum atomic E-state index is 2.42. The molecule has 0 spiro atoms. The van der Waals surface area contributed by atoms with E-state index in [4.69, 9.17) is 0 Å². The maximum Gasteiger partial charge on any atom is 0.0169 e. The molecule has 3 fully saturated rings. The van der Waals surface area contributed by atoms with Crippen molar-refractivity contribution in [1.29, 1.82) is 0 Å². The first-order valence-corrected chi connectivity index (χ1v) is 11.1. The van der Waals surface area contributed by atoms with E-state index in [0.717, 1.165) is 21.0 Å². The van der Waals surface area contributed by atoms with Crippen LogP contribution in [-0.2, 0) is 0 Å². The van der Waals surface area contributed by atoms with Gasteiger partial charge in [-0.05, 0) is 38.5 Å². The van der Waals surface area contributed by atoms with Crippen LogP contribution < -0.4 is 0 Å². The van der Waals surface area contributed by atoms with Crippen LogP contribution in [0.4, 0.5) is 0 Å². The molecule has 0 nitrogen and oxygen atoms in total. The molecular weight excluding hydrogens is 280 g/mol. The summed E-state index contributed by atoms with van der Waals surface area (Å²) in [5.41, 5.74) is 0. The van der Waals surface area contributed by atoms with Gasteiger partial charge in [-0.3, -0.25) is 0 Å². The molecule has 20 heavy (non-hydrogen) atoms. The summed E-state index contributed by atoms with van der Waals surface area (Å²) in [5, 5.41) is 4.03. The predicted molar refractivity (Wildman–Crippen MR) is 95.0 cm³/mol. The molecule has 3 rings (SSSR count). The lowest BCUT2D eigenvalue weighted by Crippen LogP contribution is -2.29. The number of hydrogen-bond acceptors (Lipinski definition) is 2. The van der Waals surface area contributed by atoms with E-state index in [-0.39, 0.29) is 0 Å². The summed E-state index contributed by atoms with van der Waals surface area (Å²) in [4.78, 5) is 0. The highest BCUT2D eigenvalue weighted by molar-refractivity contribution is 8.04. The van der Waals surface area contributed by atoms with E-state index in [0.29, 0.717) is 0 Å². The van der Waals surface area contributed by atoms with Crippen LogP contribution in [0.3, 0.4) is 0 Å². The lowest BCUT2D eigenvalue weighted by Gasteiger charge is -2.37. The highest BCUT2D eigenvalue weighted by atomic mass is 32.2. The van der Waals surface area contributed by atoms with Gasteiger partial charge in [0.05, 0.1) is 0 Å². The third-order valence-electron chi connectivity index (χ3n) is 5.48. The molecule has 0 aliphatic heterocycles. The Balaban J connectivity index is 1.49. The summed E-state index contributed by atoms with van der Waals surface area (Å²) in [6.07, 6.45) is 21.1. The second-order valence-corrected chi connectivity index (χ2v) is 10.2. The first kappa shape index (κ1) is 15.6. The molecule has 2 unspecified atom stereocenters. The highest BCUT2D eigenvalue weighted by Gasteiger charge is 2.31. The molecule has 0 N–H and O–H groups in total. The minimum Gasteiger partial charge on any atom is -0.154 e. The molecule has 2 atom stereocenters. The van der Waals surface area contributed by atoms with E-state index in [1.54, 1.807) is 0 Å². The molecule has 0 aromatic carbocycles. The Morgan fingerprint density at radius 3 is 1.15 bits per heavy atom. The standard InChI is InChI=1S/C18H32S2/c1-3-9-15(10-4-1)19-17-13-7-8-14-18(17)20-16-11-5-2-6-12-16/h15-18H,1-14H2. The predicted octanol–water partition coefficient (Wildman–Crippen LogP) is 6.43. The van der Waals surface area contributed by atoms with Crippen molar-refractivity contribution in [1.82, 2.24) is 0 Å². The fraction of sp³-hybridized carbons (Fsp3) is 1.00. The maximum absolute atomic E-state index is 2.42. The minimum atomic E-state index is 0.999. The minimum absolute atomic E-state index is 0.999. The molecule has 2 heteroatoms. The van der Waals surface area contributed by atoms with Gasteiger partial charge in [0.2, 0.25) is 0 Å².